The Hall–Kier alpha value is -1.55. The van der Waals surface area contributed by atoms with E-state index in [-0.39, 0.29) is 0 Å². The van der Waals surface area contributed by atoms with Gasteiger partial charge in [-0.2, -0.15) is 0 Å². The van der Waals surface area contributed by atoms with Crippen molar-refractivity contribution in [3.05, 3.63) is 45.1 Å². The second kappa shape index (κ2) is 4.62. The summed E-state index contributed by atoms with van der Waals surface area (Å²) in [6.07, 6.45) is 2.24. The van der Waals surface area contributed by atoms with Crippen LogP contribution in [-0.2, 0) is 0 Å². The Kier molecular flexibility index (Phi) is 3.48. The summed E-state index contributed by atoms with van der Waals surface area (Å²) in [6, 6.07) is 4.92. The molecule has 14 heavy (non-hydrogen) atoms. The maximum atomic E-state index is 10.1. The van der Waals surface area contributed by atoms with E-state index in [2.05, 4.69) is 0 Å². The molecule has 74 valence electrons. The quantitative estimate of drug-likeness (QED) is 0.573. The zero-order valence-electron chi connectivity index (χ0n) is 7.44. The summed E-state index contributed by atoms with van der Waals surface area (Å²) in [5.41, 5.74) is 0.669. The number of nitrogens with zero attached hydrogens (tertiary/aromatic N) is 1. The summed E-state index contributed by atoms with van der Waals surface area (Å²) in [4.78, 5) is 9.53. The Morgan fingerprint density at radius 3 is 2.86 bits per heavy atom. The molecular weight excluding hydrogens is 206 g/mol. The molecule has 0 aliphatic heterocycles. The molecule has 0 spiro atoms. The average molecular weight is 214 g/mol. The van der Waals surface area contributed by atoms with Crippen LogP contribution in [0.3, 0.4) is 0 Å². The maximum absolute atomic E-state index is 10.1. The molecule has 0 amide bonds. The van der Waals surface area contributed by atoms with Crippen LogP contribution in [0.4, 0.5) is 0 Å². The van der Waals surface area contributed by atoms with E-state index in [1.54, 1.807) is 18.2 Å². The van der Waals surface area contributed by atoms with Gasteiger partial charge < -0.3 is 4.74 Å². The van der Waals surface area contributed by atoms with Crippen LogP contribution >= 0.6 is 11.6 Å². The van der Waals surface area contributed by atoms with Crippen LogP contribution in [-0.4, -0.2) is 12.0 Å². The highest BCUT2D eigenvalue weighted by molar-refractivity contribution is 6.32. The average Bonchev–Trinajstić information content (AvgIpc) is 2.16. The van der Waals surface area contributed by atoms with Crippen molar-refractivity contribution in [3.8, 4) is 5.75 Å². The van der Waals surface area contributed by atoms with Crippen LogP contribution in [0, 0.1) is 10.1 Å². The standard InChI is InChI=1S/C9H8ClNO3/c1-14-9-6-7(2-3-8(9)10)4-5-11(12)13/h2-6H,1H3/b5-4-. The van der Waals surface area contributed by atoms with Crippen molar-refractivity contribution < 1.29 is 9.66 Å². The van der Waals surface area contributed by atoms with E-state index in [4.69, 9.17) is 16.3 Å². The summed E-state index contributed by atoms with van der Waals surface area (Å²) < 4.78 is 4.96. The van der Waals surface area contributed by atoms with E-state index in [9.17, 15) is 10.1 Å². The van der Waals surface area contributed by atoms with Gasteiger partial charge in [0.05, 0.1) is 17.1 Å². The molecular formula is C9H8ClNO3. The Balaban J connectivity index is 2.95. The number of benzene rings is 1. The first-order valence-corrected chi connectivity index (χ1v) is 4.16. The molecule has 5 heteroatoms. The summed E-state index contributed by atoms with van der Waals surface area (Å²) in [5.74, 6) is 0.497. The van der Waals surface area contributed by atoms with Gasteiger partial charge in [-0.3, -0.25) is 10.1 Å². The zero-order valence-corrected chi connectivity index (χ0v) is 8.19. The SMILES string of the molecule is COc1cc(/C=C\[N+](=O)[O-])ccc1Cl. The highest BCUT2D eigenvalue weighted by atomic mass is 35.5. The number of hydrogen-bond acceptors (Lipinski definition) is 3. The smallest absolute Gasteiger partial charge is 0.235 e. The topological polar surface area (TPSA) is 52.4 Å². The van der Waals surface area contributed by atoms with Crippen LogP contribution in [0.5, 0.6) is 5.75 Å². The van der Waals surface area contributed by atoms with E-state index in [0.717, 1.165) is 6.20 Å². The fourth-order valence-electron chi connectivity index (χ4n) is 0.927. The van der Waals surface area contributed by atoms with Crippen molar-refractivity contribution in [2.75, 3.05) is 7.11 Å². The Morgan fingerprint density at radius 2 is 2.29 bits per heavy atom. The number of ether oxygens (including phenoxy) is 1. The Labute approximate surface area is 85.9 Å². The maximum Gasteiger partial charge on any atom is 0.235 e. The monoisotopic (exact) mass is 213 g/mol. The second-order valence-electron chi connectivity index (χ2n) is 2.50. The lowest BCUT2D eigenvalue weighted by Gasteiger charge is -2.02. The van der Waals surface area contributed by atoms with Crippen LogP contribution in [0.2, 0.25) is 5.02 Å². The second-order valence-corrected chi connectivity index (χ2v) is 2.90. The largest absolute Gasteiger partial charge is 0.495 e. The number of hydrogen-bond donors (Lipinski definition) is 0. The molecule has 0 N–H and O–H groups in total. The highest BCUT2D eigenvalue weighted by Gasteiger charge is 2.00. The summed E-state index contributed by atoms with van der Waals surface area (Å²) in [6.45, 7) is 0. The molecule has 1 aromatic rings. The summed E-state index contributed by atoms with van der Waals surface area (Å²) in [7, 11) is 1.49. The normalized spacial score (nSPS) is 10.4. The third-order valence-corrected chi connectivity index (χ3v) is 1.88. The van der Waals surface area contributed by atoms with Crippen LogP contribution in [0.25, 0.3) is 6.08 Å². The highest BCUT2D eigenvalue weighted by Crippen LogP contribution is 2.25. The van der Waals surface area contributed by atoms with E-state index in [1.165, 1.54) is 13.2 Å². The van der Waals surface area contributed by atoms with Crippen molar-refractivity contribution in [2.45, 2.75) is 0 Å². The molecule has 1 aromatic carbocycles. The molecule has 0 saturated heterocycles. The first kappa shape index (κ1) is 10.5. The molecule has 0 bridgehead atoms. The van der Waals surface area contributed by atoms with Gasteiger partial charge in [0.2, 0.25) is 6.20 Å². The summed E-state index contributed by atoms with van der Waals surface area (Å²) >= 11 is 5.78. The number of nitro groups is 1. The van der Waals surface area contributed by atoms with Crippen LogP contribution in [0.15, 0.2) is 24.4 Å². The minimum absolute atomic E-state index is 0.478. The molecule has 1 rings (SSSR count). The molecule has 0 unspecified atom stereocenters. The molecule has 0 atom stereocenters. The van der Waals surface area contributed by atoms with E-state index in [1.807, 2.05) is 0 Å². The van der Waals surface area contributed by atoms with Gasteiger partial charge >= 0.3 is 0 Å². The van der Waals surface area contributed by atoms with Gasteiger partial charge in [0.15, 0.2) is 0 Å². The zero-order chi connectivity index (χ0) is 10.6. The molecule has 0 aliphatic rings. The van der Waals surface area contributed by atoms with Gasteiger partial charge in [-0.05, 0) is 17.7 Å². The van der Waals surface area contributed by atoms with Gasteiger partial charge in [-0.15, -0.1) is 0 Å². The molecule has 4 nitrogen and oxygen atoms in total. The van der Waals surface area contributed by atoms with Gasteiger partial charge in [-0.1, -0.05) is 17.7 Å². The molecule has 0 aromatic heterocycles. The molecule has 0 saturated carbocycles. The number of rotatable bonds is 3. The van der Waals surface area contributed by atoms with Crippen LogP contribution in [0.1, 0.15) is 5.56 Å². The minimum Gasteiger partial charge on any atom is -0.495 e. The predicted octanol–water partition coefficient (Wildman–Crippen LogP) is 2.60. The van der Waals surface area contributed by atoms with Gasteiger partial charge in [-0.25, -0.2) is 0 Å². The lowest BCUT2D eigenvalue weighted by atomic mass is 10.2. The fraction of sp³-hybridized carbons (Fsp3) is 0.111. The predicted molar refractivity (Wildman–Crippen MR) is 54.0 cm³/mol. The van der Waals surface area contributed by atoms with Gasteiger partial charge in [0, 0.05) is 6.08 Å². The van der Waals surface area contributed by atoms with Crippen molar-refractivity contribution in [1.29, 1.82) is 0 Å². The summed E-state index contributed by atoms with van der Waals surface area (Å²) in [5, 5.41) is 10.5. The lowest BCUT2D eigenvalue weighted by Crippen LogP contribution is -1.86. The third-order valence-electron chi connectivity index (χ3n) is 1.56. The van der Waals surface area contributed by atoms with Crippen LogP contribution < -0.4 is 4.74 Å². The first-order valence-electron chi connectivity index (χ1n) is 3.78. The van der Waals surface area contributed by atoms with Crippen molar-refractivity contribution in [2.24, 2.45) is 0 Å². The first-order chi connectivity index (χ1) is 6.63. The van der Waals surface area contributed by atoms with Crippen molar-refractivity contribution >= 4 is 17.7 Å². The van der Waals surface area contributed by atoms with Gasteiger partial charge in [0.25, 0.3) is 0 Å². The number of methoxy groups -OCH3 is 1. The van der Waals surface area contributed by atoms with Crippen molar-refractivity contribution in [3.63, 3.8) is 0 Å². The lowest BCUT2D eigenvalue weighted by molar-refractivity contribution is -0.400. The molecule has 0 radical (unpaired) electrons. The number of halogens is 1. The van der Waals surface area contributed by atoms with Crippen molar-refractivity contribution in [1.82, 2.24) is 0 Å². The molecule has 0 heterocycles. The Bertz CT molecular complexity index is 376. The van der Waals surface area contributed by atoms with Gasteiger partial charge in [0.1, 0.15) is 5.75 Å². The molecule has 0 aliphatic carbocycles. The fourth-order valence-corrected chi connectivity index (χ4v) is 1.12. The molecule has 0 fully saturated rings. The van der Waals surface area contributed by atoms with E-state index >= 15 is 0 Å². The Morgan fingerprint density at radius 1 is 1.57 bits per heavy atom. The third kappa shape index (κ3) is 2.74. The van der Waals surface area contributed by atoms with E-state index < -0.39 is 4.92 Å². The minimum atomic E-state index is -0.527. The van der Waals surface area contributed by atoms with E-state index in [0.29, 0.717) is 16.3 Å².